The summed E-state index contributed by atoms with van der Waals surface area (Å²) in [5.41, 5.74) is 1.14. The number of halogens is 7. The highest BCUT2D eigenvalue weighted by atomic mass is 35.5. The molecule has 4 rings (SSSR count). The lowest BCUT2D eigenvalue weighted by Gasteiger charge is -2.09. The van der Waals surface area contributed by atoms with Crippen molar-refractivity contribution in [2.24, 2.45) is 5.92 Å². The van der Waals surface area contributed by atoms with E-state index in [0.717, 1.165) is 12.1 Å². The minimum absolute atomic E-state index is 0.0844. The summed E-state index contributed by atoms with van der Waals surface area (Å²) in [4.78, 5) is 25.7. The molecule has 3 nitrogen and oxygen atoms in total. The molecule has 176 valence electrons. The molecule has 3 aromatic carbocycles. The van der Waals surface area contributed by atoms with Gasteiger partial charge in [-0.25, -0.2) is 8.78 Å². The van der Waals surface area contributed by atoms with Crippen molar-refractivity contribution in [3.63, 3.8) is 0 Å². The Morgan fingerprint density at radius 2 is 1.50 bits per heavy atom. The quantitative estimate of drug-likeness (QED) is 0.245. The van der Waals surface area contributed by atoms with Gasteiger partial charge >= 0.3 is 0 Å². The van der Waals surface area contributed by atoms with Crippen LogP contribution in [0.15, 0.2) is 54.6 Å². The number of rotatable bonds is 6. The zero-order valence-electron chi connectivity index (χ0n) is 17.0. The summed E-state index contributed by atoms with van der Waals surface area (Å²) in [6, 6.07) is 12.0. The fraction of sp³-hybridized carbons (Fsp3) is 0.167. The normalized spacial score (nSPS) is 18.4. The highest BCUT2D eigenvalue weighted by Gasteiger charge is 2.67. The summed E-state index contributed by atoms with van der Waals surface area (Å²) in [5, 5.41) is 3.59. The number of hydrogen-bond donors (Lipinski definition) is 1. The highest BCUT2D eigenvalue weighted by Crippen LogP contribution is 2.65. The fourth-order valence-corrected chi connectivity index (χ4v) is 5.45. The number of ketones is 1. The van der Waals surface area contributed by atoms with Crippen LogP contribution in [-0.2, 0) is 11.2 Å². The molecule has 0 bridgehead atoms. The Labute approximate surface area is 218 Å². The lowest BCUT2D eigenvalue weighted by molar-refractivity contribution is -0.117. The van der Waals surface area contributed by atoms with Gasteiger partial charge in [0.1, 0.15) is 16.0 Å². The van der Waals surface area contributed by atoms with Crippen molar-refractivity contribution in [3.05, 3.63) is 98.0 Å². The van der Waals surface area contributed by atoms with Gasteiger partial charge < -0.3 is 5.32 Å². The Bertz CT molecular complexity index is 1270. The first-order valence-corrected chi connectivity index (χ1v) is 11.8. The maximum absolute atomic E-state index is 13.4. The number of anilines is 1. The Balaban J connectivity index is 1.52. The molecular formula is C24H14Cl5F2NO2. The van der Waals surface area contributed by atoms with E-state index in [1.807, 2.05) is 0 Å². The van der Waals surface area contributed by atoms with Crippen LogP contribution in [-0.4, -0.2) is 16.0 Å². The number of benzene rings is 3. The van der Waals surface area contributed by atoms with E-state index < -0.39 is 39.5 Å². The van der Waals surface area contributed by atoms with E-state index in [4.69, 9.17) is 58.0 Å². The third-order valence-electron chi connectivity index (χ3n) is 5.40. The van der Waals surface area contributed by atoms with Crippen molar-refractivity contribution in [3.8, 4) is 0 Å². The topological polar surface area (TPSA) is 46.2 Å². The standard InChI is InChI=1S/C24H14Cl5F2NO2/c25-13-6-12(7-14(26)8-13)21-22(24(21,28)29)23(34)32-17-1-2-19(27)18(10-17)20(33)5-11-3-15(30)9-16(31)4-11/h1-4,6-10,21-22H,5H2,(H,32,34). The van der Waals surface area contributed by atoms with Crippen LogP contribution < -0.4 is 5.32 Å². The predicted octanol–water partition coefficient (Wildman–Crippen LogP) is 7.88. The van der Waals surface area contributed by atoms with Crippen LogP contribution in [0.25, 0.3) is 0 Å². The second-order valence-corrected chi connectivity index (χ2v) is 10.6. The predicted molar refractivity (Wildman–Crippen MR) is 132 cm³/mol. The molecule has 0 radical (unpaired) electrons. The van der Waals surface area contributed by atoms with Gasteiger partial charge in [-0.05, 0) is 59.7 Å². The average molecular weight is 564 g/mol. The van der Waals surface area contributed by atoms with E-state index in [1.54, 1.807) is 18.2 Å². The summed E-state index contributed by atoms with van der Waals surface area (Å²) in [6.07, 6.45) is -0.279. The Kier molecular flexibility index (Phi) is 7.14. The molecule has 3 aromatic rings. The van der Waals surface area contributed by atoms with Gasteiger partial charge in [0.2, 0.25) is 5.91 Å². The molecule has 0 aromatic heterocycles. The second kappa shape index (κ2) is 9.63. The Hall–Kier alpha value is -1.89. The van der Waals surface area contributed by atoms with Gasteiger partial charge in [-0.2, -0.15) is 0 Å². The van der Waals surface area contributed by atoms with Crippen LogP contribution in [0.3, 0.4) is 0 Å². The third-order valence-corrected chi connectivity index (χ3v) is 7.11. The van der Waals surface area contributed by atoms with Gasteiger partial charge in [-0.3, -0.25) is 9.59 Å². The van der Waals surface area contributed by atoms with Gasteiger partial charge in [-0.15, -0.1) is 23.2 Å². The molecule has 1 fully saturated rings. The van der Waals surface area contributed by atoms with Crippen molar-refractivity contribution in [1.29, 1.82) is 0 Å². The molecule has 2 unspecified atom stereocenters. The number of hydrogen-bond acceptors (Lipinski definition) is 2. The van der Waals surface area contributed by atoms with Crippen molar-refractivity contribution < 1.29 is 18.4 Å². The van der Waals surface area contributed by atoms with Crippen molar-refractivity contribution in [2.75, 3.05) is 5.32 Å². The van der Waals surface area contributed by atoms with Gasteiger partial charge in [-0.1, -0.05) is 34.8 Å². The van der Waals surface area contributed by atoms with Gasteiger partial charge in [0.05, 0.1) is 10.9 Å². The van der Waals surface area contributed by atoms with Gasteiger partial charge in [0.25, 0.3) is 0 Å². The molecule has 0 heterocycles. The van der Waals surface area contributed by atoms with Crippen molar-refractivity contribution >= 4 is 75.4 Å². The summed E-state index contributed by atoms with van der Waals surface area (Å²) >= 11 is 31.0. The van der Waals surface area contributed by atoms with Gasteiger partial charge in [0, 0.05) is 39.7 Å². The first kappa shape index (κ1) is 25.2. The van der Waals surface area contributed by atoms with E-state index in [-0.39, 0.29) is 28.3 Å². The summed E-state index contributed by atoms with van der Waals surface area (Å²) in [5.74, 6) is -3.87. The fourth-order valence-electron chi connectivity index (χ4n) is 3.85. The Morgan fingerprint density at radius 3 is 2.12 bits per heavy atom. The largest absolute Gasteiger partial charge is 0.326 e. The van der Waals surface area contributed by atoms with Crippen LogP contribution in [0.4, 0.5) is 14.5 Å². The van der Waals surface area contributed by atoms with E-state index in [9.17, 15) is 18.4 Å². The van der Waals surface area contributed by atoms with E-state index >= 15 is 0 Å². The third kappa shape index (κ3) is 5.34. The molecule has 1 N–H and O–H groups in total. The lowest BCUT2D eigenvalue weighted by Crippen LogP contribution is -2.17. The first-order chi connectivity index (χ1) is 16.0. The smallest absolute Gasteiger partial charge is 0.231 e. The number of amides is 1. The van der Waals surface area contributed by atoms with Crippen LogP contribution in [0, 0.1) is 17.6 Å². The maximum atomic E-state index is 13.4. The number of alkyl halides is 2. The number of carbonyl (C=O) groups excluding carboxylic acids is 2. The van der Waals surface area contributed by atoms with Crippen molar-refractivity contribution in [2.45, 2.75) is 16.7 Å². The second-order valence-electron chi connectivity index (χ2n) is 7.89. The Morgan fingerprint density at radius 1 is 0.882 bits per heavy atom. The van der Waals surface area contributed by atoms with Crippen LogP contribution in [0.2, 0.25) is 15.1 Å². The van der Waals surface area contributed by atoms with Crippen LogP contribution in [0.5, 0.6) is 0 Å². The number of Topliss-reactive ketones (excluding diaryl/α,β-unsaturated/α-hetero) is 1. The molecule has 10 heteroatoms. The minimum atomic E-state index is -1.37. The minimum Gasteiger partial charge on any atom is -0.326 e. The zero-order valence-corrected chi connectivity index (χ0v) is 20.8. The number of nitrogens with one attached hydrogen (secondary N) is 1. The highest BCUT2D eigenvalue weighted by molar-refractivity contribution is 6.53. The van der Waals surface area contributed by atoms with E-state index in [0.29, 0.717) is 21.7 Å². The molecule has 1 aliphatic rings. The summed E-state index contributed by atoms with van der Waals surface area (Å²) in [7, 11) is 0. The molecule has 0 saturated heterocycles. The molecular weight excluding hydrogens is 550 g/mol. The molecule has 0 spiro atoms. The van der Waals surface area contributed by atoms with Crippen LogP contribution >= 0.6 is 58.0 Å². The molecule has 0 aliphatic heterocycles. The maximum Gasteiger partial charge on any atom is 0.231 e. The molecule has 1 amide bonds. The SMILES string of the molecule is O=C(Cc1cc(F)cc(F)c1)c1cc(NC(=O)C2C(c3cc(Cl)cc(Cl)c3)C2(Cl)Cl)ccc1Cl. The van der Waals surface area contributed by atoms with Gasteiger partial charge in [0.15, 0.2) is 5.78 Å². The molecule has 34 heavy (non-hydrogen) atoms. The first-order valence-electron chi connectivity index (χ1n) is 9.88. The molecule has 1 saturated carbocycles. The summed E-state index contributed by atoms with van der Waals surface area (Å²) < 4.78 is 25.5. The monoisotopic (exact) mass is 561 g/mol. The average Bonchev–Trinajstić information content (AvgIpc) is 3.30. The van der Waals surface area contributed by atoms with Crippen molar-refractivity contribution in [1.82, 2.24) is 0 Å². The molecule has 1 aliphatic carbocycles. The number of carbonyl (C=O) groups is 2. The van der Waals surface area contributed by atoms with E-state index in [1.165, 1.54) is 18.2 Å². The zero-order chi connectivity index (χ0) is 24.8. The lowest BCUT2D eigenvalue weighted by atomic mass is 10.0. The van der Waals surface area contributed by atoms with Crippen LogP contribution in [0.1, 0.15) is 27.4 Å². The van der Waals surface area contributed by atoms with E-state index in [2.05, 4.69) is 5.32 Å². The summed E-state index contributed by atoms with van der Waals surface area (Å²) in [6.45, 7) is 0. The molecule has 2 atom stereocenters.